The summed E-state index contributed by atoms with van der Waals surface area (Å²) in [6, 6.07) is 3.31. The zero-order valence-corrected chi connectivity index (χ0v) is 15.0. The van der Waals surface area contributed by atoms with Crippen LogP contribution in [0.2, 0.25) is 0 Å². The lowest BCUT2D eigenvalue weighted by Gasteiger charge is -2.38. The first-order valence-corrected chi connectivity index (χ1v) is 8.71. The number of benzene rings is 1. The van der Waals surface area contributed by atoms with Crippen LogP contribution in [0, 0.1) is 16.0 Å². The van der Waals surface area contributed by atoms with Gasteiger partial charge in [0.2, 0.25) is 0 Å². The van der Waals surface area contributed by atoms with Crippen molar-refractivity contribution in [2.24, 2.45) is 5.92 Å². The number of hydrogen-bond donors (Lipinski definition) is 2. The molecule has 1 unspecified atom stereocenters. The lowest BCUT2D eigenvalue weighted by atomic mass is 9.83. The molecule has 1 aromatic rings. The summed E-state index contributed by atoms with van der Waals surface area (Å²) in [5.41, 5.74) is -0.0603. The lowest BCUT2D eigenvalue weighted by molar-refractivity contribution is -0.384. The van der Waals surface area contributed by atoms with E-state index in [-0.39, 0.29) is 23.1 Å². The first kappa shape index (κ1) is 17.9. The van der Waals surface area contributed by atoms with Crippen LogP contribution in [0.15, 0.2) is 12.1 Å². The Balaban J connectivity index is 1.88. The van der Waals surface area contributed by atoms with Crippen LogP contribution in [0.1, 0.15) is 39.2 Å². The second-order valence-electron chi connectivity index (χ2n) is 8.01. The number of rotatable bonds is 4. The zero-order chi connectivity index (χ0) is 18.4. The summed E-state index contributed by atoms with van der Waals surface area (Å²) in [5.74, 6) is 0.799. The molecule has 2 heterocycles. The third-order valence-electron chi connectivity index (χ3n) is 5.44. The fourth-order valence-electron chi connectivity index (χ4n) is 3.85. The van der Waals surface area contributed by atoms with Crippen LogP contribution in [-0.2, 0) is 6.42 Å². The predicted molar refractivity (Wildman–Crippen MR) is 94.2 cm³/mol. The molecule has 2 aliphatic heterocycles. The molecule has 25 heavy (non-hydrogen) atoms. The summed E-state index contributed by atoms with van der Waals surface area (Å²) in [6.45, 7) is 6.61. The summed E-state index contributed by atoms with van der Waals surface area (Å²) >= 11 is 0. The molecule has 0 aliphatic carbocycles. The van der Waals surface area contributed by atoms with Gasteiger partial charge in [-0.15, -0.1) is 0 Å². The standard InChI is InChI=1S/C18H26N2O5/c1-17(2,22)13-4-6-19(7-5-13)14-9-16-12(8-15(14)20(23)24)10-18(3,11-21)25-16/h8-9,13,21-22H,4-7,10-11H2,1-3H3. The molecule has 1 fully saturated rings. The SMILES string of the molecule is CC1(CO)Cc2cc([N+](=O)[O-])c(N3CCC(C(C)(C)O)CC3)cc2O1. The highest BCUT2D eigenvalue weighted by Gasteiger charge is 2.38. The van der Waals surface area contributed by atoms with Crippen molar-refractivity contribution in [3.05, 3.63) is 27.8 Å². The minimum Gasteiger partial charge on any atom is -0.484 e. The maximum Gasteiger partial charge on any atom is 0.293 e. The molecule has 2 N–H and O–H groups in total. The summed E-state index contributed by atoms with van der Waals surface area (Å²) in [6.07, 6.45) is 2.03. The molecule has 0 bridgehead atoms. The van der Waals surface area contributed by atoms with Crippen molar-refractivity contribution >= 4 is 11.4 Å². The first-order valence-electron chi connectivity index (χ1n) is 8.71. The van der Waals surface area contributed by atoms with Crippen LogP contribution in [0.4, 0.5) is 11.4 Å². The number of nitro benzene ring substituents is 1. The maximum absolute atomic E-state index is 11.6. The van der Waals surface area contributed by atoms with Gasteiger partial charge in [-0.1, -0.05) is 0 Å². The van der Waals surface area contributed by atoms with Gasteiger partial charge in [-0.2, -0.15) is 0 Å². The van der Waals surface area contributed by atoms with E-state index in [1.165, 1.54) is 0 Å². The van der Waals surface area contributed by atoms with Crippen molar-refractivity contribution in [3.8, 4) is 5.75 Å². The van der Waals surface area contributed by atoms with Gasteiger partial charge in [0.05, 0.1) is 17.1 Å². The number of nitrogens with zero attached hydrogens (tertiary/aromatic N) is 2. The van der Waals surface area contributed by atoms with Crippen LogP contribution in [-0.4, -0.2) is 46.0 Å². The van der Waals surface area contributed by atoms with E-state index in [1.54, 1.807) is 19.1 Å². The van der Waals surface area contributed by atoms with E-state index in [1.807, 2.05) is 18.7 Å². The van der Waals surface area contributed by atoms with E-state index in [0.29, 0.717) is 30.9 Å². The van der Waals surface area contributed by atoms with E-state index in [9.17, 15) is 20.3 Å². The van der Waals surface area contributed by atoms with Gasteiger partial charge < -0.3 is 19.8 Å². The Labute approximate surface area is 147 Å². The Morgan fingerprint density at radius 3 is 2.56 bits per heavy atom. The van der Waals surface area contributed by atoms with E-state index in [4.69, 9.17) is 4.74 Å². The molecule has 138 valence electrons. The number of piperidine rings is 1. The number of hydrogen-bond acceptors (Lipinski definition) is 6. The summed E-state index contributed by atoms with van der Waals surface area (Å²) < 4.78 is 5.85. The average molecular weight is 350 g/mol. The smallest absolute Gasteiger partial charge is 0.293 e. The molecule has 7 nitrogen and oxygen atoms in total. The number of nitro groups is 1. The molecule has 0 amide bonds. The van der Waals surface area contributed by atoms with Crippen LogP contribution in [0.3, 0.4) is 0 Å². The van der Waals surface area contributed by atoms with Crippen molar-refractivity contribution in [1.29, 1.82) is 0 Å². The van der Waals surface area contributed by atoms with Gasteiger partial charge in [-0.05, 0) is 39.5 Å². The molecule has 0 aromatic heterocycles. The van der Waals surface area contributed by atoms with E-state index in [0.717, 1.165) is 18.4 Å². The van der Waals surface area contributed by atoms with Gasteiger partial charge in [0.15, 0.2) is 0 Å². The van der Waals surface area contributed by atoms with Gasteiger partial charge >= 0.3 is 0 Å². The van der Waals surface area contributed by atoms with Gasteiger partial charge in [0.25, 0.3) is 5.69 Å². The van der Waals surface area contributed by atoms with Crippen LogP contribution in [0.5, 0.6) is 5.75 Å². The number of fused-ring (bicyclic) bond motifs is 1. The van der Waals surface area contributed by atoms with Gasteiger partial charge in [0.1, 0.15) is 17.0 Å². The summed E-state index contributed by atoms with van der Waals surface area (Å²) in [7, 11) is 0. The quantitative estimate of drug-likeness (QED) is 0.639. The van der Waals surface area contributed by atoms with Crippen molar-refractivity contribution < 1.29 is 19.9 Å². The van der Waals surface area contributed by atoms with E-state index in [2.05, 4.69) is 0 Å². The normalized spacial score (nSPS) is 24.1. The molecule has 2 aliphatic rings. The van der Waals surface area contributed by atoms with Gasteiger partial charge in [-0.25, -0.2) is 0 Å². The molecule has 1 aromatic carbocycles. The van der Waals surface area contributed by atoms with Crippen LogP contribution < -0.4 is 9.64 Å². The highest BCUT2D eigenvalue weighted by molar-refractivity contribution is 5.69. The Hall–Kier alpha value is -1.86. The monoisotopic (exact) mass is 350 g/mol. The predicted octanol–water partition coefficient (Wildman–Crippen LogP) is 2.27. The molecular formula is C18H26N2O5. The Morgan fingerprint density at radius 2 is 2.04 bits per heavy atom. The van der Waals surface area contributed by atoms with Crippen LogP contribution >= 0.6 is 0 Å². The minimum atomic E-state index is -0.734. The van der Waals surface area contributed by atoms with E-state index < -0.39 is 11.2 Å². The van der Waals surface area contributed by atoms with Gasteiger partial charge in [0, 0.05) is 37.2 Å². The fourth-order valence-corrected chi connectivity index (χ4v) is 3.85. The molecule has 7 heteroatoms. The summed E-state index contributed by atoms with van der Waals surface area (Å²) in [4.78, 5) is 13.2. The Bertz CT molecular complexity index is 677. The molecule has 0 saturated carbocycles. The van der Waals surface area contributed by atoms with Crippen LogP contribution in [0.25, 0.3) is 0 Å². The molecular weight excluding hydrogens is 324 g/mol. The minimum absolute atomic E-state index is 0.0752. The third-order valence-corrected chi connectivity index (χ3v) is 5.44. The number of anilines is 1. The fraction of sp³-hybridized carbons (Fsp3) is 0.667. The largest absolute Gasteiger partial charge is 0.484 e. The zero-order valence-electron chi connectivity index (χ0n) is 15.0. The number of ether oxygens (including phenoxy) is 1. The van der Waals surface area contributed by atoms with Crippen molar-refractivity contribution in [2.75, 3.05) is 24.6 Å². The highest BCUT2D eigenvalue weighted by Crippen LogP contribution is 2.43. The number of aliphatic hydroxyl groups is 2. The molecule has 0 spiro atoms. The average Bonchev–Trinajstić information content (AvgIpc) is 2.89. The van der Waals surface area contributed by atoms with E-state index >= 15 is 0 Å². The maximum atomic E-state index is 11.6. The lowest BCUT2D eigenvalue weighted by Crippen LogP contribution is -2.42. The molecule has 1 atom stereocenters. The first-order chi connectivity index (χ1) is 11.6. The van der Waals surface area contributed by atoms with Crippen molar-refractivity contribution in [3.63, 3.8) is 0 Å². The number of aliphatic hydroxyl groups excluding tert-OH is 1. The Morgan fingerprint density at radius 1 is 1.40 bits per heavy atom. The molecule has 0 radical (unpaired) electrons. The highest BCUT2D eigenvalue weighted by atomic mass is 16.6. The second-order valence-corrected chi connectivity index (χ2v) is 8.01. The Kier molecular flexibility index (Phi) is 4.41. The van der Waals surface area contributed by atoms with Crippen molar-refractivity contribution in [2.45, 2.75) is 51.2 Å². The van der Waals surface area contributed by atoms with Crippen molar-refractivity contribution in [1.82, 2.24) is 0 Å². The van der Waals surface area contributed by atoms with Gasteiger partial charge in [-0.3, -0.25) is 10.1 Å². The second kappa shape index (κ2) is 6.14. The summed E-state index contributed by atoms with van der Waals surface area (Å²) in [5, 5.41) is 31.3. The topological polar surface area (TPSA) is 96.1 Å². The third kappa shape index (κ3) is 3.43. The molecule has 3 rings (SSSR count). The molecule has 1 saturated heterocycles.